The number of nitrogens with zero attached hydrogens (tertiary/aromatic N) is 3. The Kier molecular flexibility index (Phi) is 3.30. The van der Waals surface area contributed by atoms with E-state index in [9.17, 15) is 0 Å². The van der Waals surface area contributed by atoms with Crippen molar-refractivity contribution in [3.8, 4) is 0 Å². The molecule has 0 aliphatic carbocycles. The summed E-state index contributed by atoms with van der Waals surface area (Å²) in [6.45, 7) is 0. The molecular formula is C12H16N5+. The molecule has 0 bridgehead atoms. The summed E-state index contributed by atoms with van der Waals surface area (Å²) in [5.74, 6) is 0. The Morgan fingerprint density at radius 3 is 2.94 bits per heavy atom. The smallest absolute Gasteiger partial charge is 0.141 e. The minimum Gasteiger partial charge on any atom is -0.346 e. The summed E-state index contributed by atoms with van der Waals surface area (Å²) in [6, 6.07) is 1.98. The second kappa shape index (κ2) is 4.88. The van der Waals surface area contributed by atoms with Crippen molar-refractivity contribution in [1.82, 2.24) is 15.0 Å². The molecule has 2 aromatic heterocycles. The lowest BCUT2D eigenvalue weighted by Gasteiger charge is -2.04. The highest BCUT2D eigenvalue weighted by Gasteiger charge is 2.09. The first-order chi connectivity index (χ1) is 8.22. The van der Waals surface area contributed by atoms with Crippen molar-refractivity contribution in [1.29, 1.82) is 0 Å². The summed E-state index contributed by atoms with van der Waals surface area (Å²) in [5.41, 5.74) is 2.75. The molecule has 2 aromatic rings. The van der Waals surface area contributed by atoms with E-state index in [0.29, 0.717) is 0 Å². The van der Waals surface area contributed by atoms with Gasteiger partial charge in [-0.2, -0.15) is 0 Å². The highest BCUT2D eigenvalue weighted by molar-refractivity contribution is 6.12. The molecule has 0 atom stereocenters. The predicted octanol–water partition coefficient (Wildman–Crippen LogP) is 0.144. The molecule has 0 radical (unpaired) electrons. The van der Waals surface area contributed by atoms with Crippen molar-refractivity contribution >= 4 is 22.8 Å². The number of nitrogens with one attached hydrogen (secondary N) is 2. The standard InChI is InChI=1S/C12H15N5/c1-13-6-9(7-17(2)3)11-10-4-5-14-12(10)16-8-15-11/h4-8H,1-3H3,(H,14,15,16)/p+1/b9-7-,13-6?. The first-order valence-electron chi connectivity index (χ1n) is 5.45. The largest absolute Gasteiger partial charge is 0.346 e. The van der Waals surface area contributed by atoms with E-state index in [2.05, 4.69) is 40.2 Å². The van der Waals surface area contributed by atoms with E-state index >= 15 is 0 Å². The maximum absolute atomic E-state index is 4.35. The van der Waals surface area contributed by atoms with Gasteiger partial charge >= 0.3 is 0 Å². The molecule has 0 aliphatic heterocycles. The van der Waals surface area contributed by atoms with Gasteiger partial charge in [0.05, 0.1) is 25.4 Å². The zero-order chi connectivity index (χ0) is 12.3. The number of rotatable bonds is 3. The zero-order valence-electron chi connectivity index (χ0n) is 10.2. The van der Waals surface area contributed by atoms with Crippen LogP contribution in [0.5, 0.6) is 0 Å². The maximum atomic E-state index is 4.35. The average molecular weight is 230 g/mol. The van der Waals surface area contributed by atoms with Gasteiger partial charge in [0, 0.05) is 24.8 Å². The number of hydrogen-bond donors (Lipinski definition) is 2. The third-order valence-electron chi connectivity index (χ3n) is 2.34. The van der Waals surface area contributed by atoms with Crippen molar-refractivity contribution in [2.45, 2.75) is 0 Å². The highest BCUT2D eigenvalue weighted by Crippen LogP contribution is 2.18. The molecule has 88 valence electrons. The Morgan fingerprint density at radius 1 is 1.41 bits per heavy atom. The van der Waals surface area contributed by atoms with Crippen LogP contribution in [0.2, 0.25) is 0 Å². The van der Waals surface area contributed by atoms with E-state index in [1.165, 1.54) is 4.90 Å². The van der Waals surface area contributed by atoms with Crippen LogP contribution < -0.4 is 4.90 Å². The fourth-order valence-electron chi connectivity index (χ4n) is 1.72. The molecule has 0 saturated heterocycles. The molecule has 5 heteroatoms. The molecule has 2 heterocycles. The van der Waals surface area contributed by atoms with Gasteiger partial charge in [0.2, 0.25) is 0 Å². The van der Waals surface area contributed by atoms with Gasteiger partial charge in [0.1, 0.15) is 18.2 Å². The van der Waals surface area contributed by atoms with Crippen LogP contribution in [0, 0.1) is 0 Å². The third kappa shape index (κ3) is 2.39. The van der Waals surface area contributed by atoms with Gasteiger partial charge in [-0.1, -0.05) is 0 Å². The Labute approximate surface area is 99.9 Å². The number of quaternary nitrogens is 1. The Bertz CT molecular complexity index is 565. The van der Waals surface area contributed by atoms with Crippen molar-refractivity contribution < 1.29 is 4.90 Å². The van der Waals surface area contributed by atoms with Gasteiger partial charge in [-0.15, -0.1) is 0 Å². The zero-order valence-corrected chi connectivity index (χ0v) is 10.2. The summed E-state index contributed by atoms with van der Waals surface area (Å²) in [6.07, 6.45) is 7.33. The van der Waals surface area contributed by atoms with Crippen molar-refractivity contribution in [2.75, 3.05) is 21.1 Å². The van der Waals surface area contributed by atoms with Crippen LogP contribution in [-0.4, -0.2) is 42.3 Å². The lowest BCUT2D eigenvalue weighted by atomic mass is 10.1. The molecule has 0 unspecified atom stereocenters. The van der Waals surface area contributed by atoms with Crippen LogP contribution >= 0.6 is 0 Å². The van der Waals surface area contributed by atoms with Crippen molar-refractivity contribution in [3.63, 3.8) is 0 Å². The van der Waals surface area contributed by atoms with Gasteiger partial charge in [-0.3, -0.25) is 4.99 Å². The van der Waals surface area contributed by atoms with E-state index in [1.54, 1.807) is 13.4 Å². The average Bonchev–Trinajstić information content (AvgIpc) is 2.75. The molecule has 2 N–H and O–H groups in total. The summed E-state index contributed by atoms with van der Waals surface area (Å²) in [5, 5.41) is 1.01. The highest BCUT2D eigenvalue weighted by atomic mass is 15.0. The van der Waals surface area contributed by atoms with Crippen LogP contribution in [0.25, 0.3) is 16.6 Å². The van der Waals surface area contributed by atoms with Gasteiger partial charge < -0.3 is 9.88 Å². The summed E-state index contributed by atoms with van der Waals surface area (Å²) >= 11 is 0. The minimum atomic E-state index is 0.846. The first-order valence-corrected chi connectivity index (χ1v) is 5.45. The molecular weight excluding hydrogens is 214 g/mol. The van der Waals surface area contributed by atoms with Crippen LogP contribution in [0.4, 0.5) is 0 Å². The maximum Gasteiger partial charge on any atom is 0.141 e. The monoisotopic (exact) mass is 230 g/mol. The number of aromatic nitrogens is 3. The molecule has 0 spiro atoms. The third-order valence-corrected chi connectivity index (χ3v) is 2.34. The Morgan fingerprint density at radius 2 is 2.24 bits per heavy atom. The summed E-state index contributed by atoms with van der Waals surface area (Å²) in [7, 11) is 5.87. The second-order valence-corrected chi connectivity index (χ2v) is 4.03. The van der Waals surface area contributed by atoms with Crippen LogP contribution in [0.3, 0.4) is 0 Å². The summed E-state index contributed by atoms with van der Waals surface area (Å²) < 4.78 is 0. The van der Waals surface area contributed by atoms with Crippen molar-refractivity contribution in [3.05, 3.63) is 30.5 Å². The van der Waals surface area contributed by atoms with Gasteiger partial charge in [-0.05, 0) is 6.07 Å². The van der Waals surface area contributed by atoms with Crippen LogP contribution in [0.1, 0.15) is 5.69 Å². The number of fused-ring (bicyclic) bond motifs is 1. The normalized spacial score (nSPS) is 13.1. The Hall–Kier alpha value is -2.01. The van der Waals surface area contributed by atoms with Crippen molar-refractivity contribution in [2.24, 2.45) is 4.99 Å². The quantitative estimate of drug-likeness (QED) is 0.737. The molecule has 17 heavy (non-hydrogen) atoms. The van der Waals surface area contributed by atoms with Crippen LogP contribution in [-0.2, 0) is 0 Å². The minimum absolute atomic E-state index is 0.846. The topological polar surface area (TPSA) is 58.4 Å². The number of aliphatic imine (C=N–C) groups is 1. The molecule has 0 aliphatic rings. The van der Waals surface area contributed by atoms with Crippen LogP contribution in [0.15, 0.2) is 29.8 Å². The number of H-pyrrole nitrogens is 1. The first kappa shape index (κ1) is 11.5. The SMILES string of the molecule is CN=C/C(=C/[NH+](C)C)c1ncnc2[nH]ccc12. The predicted molar refractivity (Wildman–Crippen MR) is 69.1 cm³/mol. The van der Waals surface area contributed by atoms with E-state index in [1.807, 2.05) is 18.5 Å². The molecule has 0 fully saturated rings. The van der Waals surface area contributed by atoms with Gasteiger partial charge in [-0.25, -0.2) is 9.97 Å². The molecule has 0 aromatic carbocycles. The lowest BCUT2D eigenvalue weighted by Crippen LogP contribution is -3.00. The number of allylic oxidation sites excluding steroid dienone is 1. The molecule has 0 saturated carbocycles. The summed E-state index contributed by atoms with van der Waals surface area (Å²) in [4.78, 5) is 16.9. The molecule has 2 rings (SSSR count). The molecule has 5 nitrogen and oxygen atoms in total. The fourth-order valence-corrected chi connectivity index (χ4v) is 1.72. The molecule has 0 amide bonds. The van der Waals surface area contributed by atoms with Gasteiger partial charge in [0.15, 0.2) is 0 Å². The Balaban J connectivity index is 2.60. The number of hydrogen-bond acceptors (Lipinski definition) is 3. The van der Waals surface area contributed by atoms with E-state index in [4.69, 9.17) is 0 Å². The number of aromatic amines is 1. The van der Waals surface area contributed by atoms with Gasteiger partial charge in [0.25, 0.3) is 0 Å². The van der Waals surface area contributed by atoms with E-state index < -0.39 is 0 Å². The lowest BCUT2D eigenvalue weighted by molar-refractivity contribution is -0.800. The fraction of sp³-hybridized carbons (Fsp3) is 0.250. The van der Waals surface area contributed by atoms with E-state index in [0.717, 1.165) is 22.3 Å². The van der Waals surface area contributed by atoms with E-state index in [-0.39, 0.29) is 0 Å². The second-order valence-electron chi connectivity index (χ2n) is 4.03.